The minimum atomic E-state index is -1.10. The summed E-state index contributed by atoms with van der Waals surface area (Å²) in [5, 5.41) is 11.9. The fraction of sp³-hybridized carbons (Fsp3) is 0.154. The van der Waals surface area contributed by atoms with Crippen molar-refractivity contribution in [3.05, 3.63) is 36.0 Å². The highest BCUT2D eigenvalue weighted by Crippen LogP contribution is 2.27. The van der Waals surface area contributed by atoms with E-state index in [9.17, 15) is 4.79 Å². The molecule has 0 saturated carbocycles. The Balaban J connectivity index is 2.61. The minimum Gasteiger partial charge on any atom is -0.496 e. The van der Waals surface area contributed by atoms with Crippen LogP contribution in [-0.4, -0.2) is 35.2 Å². The van der Waals surface area contributed by atoms with Crippen molar-refractivity contribution in [3.8, 4) is 17.1 Å². The molecule has 0 aliphatic rings. The molecule has 1 aromatic carbocycles. The molecule has 0 atom stereocenters. The van der Waals surface area contributed by atoms with Gasteiger partial charge in [-0.2, -0.15) is 0 Å². The lowest BCUT2D eigenvalue weighted by Crippen LogP contribution is -2.06. The Kier molecular flexibility index (Phi) is 3.61. The van der Waals surface area contributed by atoms with Gasteiger partial charge >= 0.3 is 5.97 Å². The zero-order chi connectivity index (χ0) is 13.8. The summed E-state index contributed by atoms with van der Waals surface area (Å²) >= 11 is 0. The first-order valence-corrected chi connectivity index (χ1v) is 5.59. The van der Waals surface area contributed by atoms with Gasteiger partial charge in [0.25, 0.3) is 0 Å². The van der Waals surface area contributed by atoms with Gasteiger partial charge in [-0.3, -0.25) is 0 Å². The first-order chi connectivity index (χ1) is 9.15. The maximum absolute atomic E-state index is 11.1. The molecule has 0 saturated heterocycles. The van der Waals surface area contributed by atoms with Gasteiger partial charge in [-0.15, -0.1) is 0 Å². The van der Waals surface area contributed by atoms with Gasteiger partial charge in [0.2, 0.25) is 0 Å². The van der Waals surface area contributed by atoms with Crippen LogP contribution in [0.15, 0.2) is 30.3 Å². The van der Waals surface area contributed by atoms with Crippen LogP contribution in [0.4, 0.5) is 5.82 Å². The second-order valence-corrected chi connectivity index (χ2v) is 3.72. The van der Waals surface area contributed by atoms with Crippen LogP contribution in [0.5, 0.6) is 5.75 Å². The number of benzene rings is 1. The van der Waals surface area contributed by atoms with Gasteiger partial charge in [0.05, 0.1) is 12.7 Å². The summed E-state index contributed by atoms with van der Waals surface area (Å²) in [6, 6.07) is 8.56. The van der Waals surface area contributed by atoms with Gasteiger partial charge in [0, 0.05) is 13.1 Å². The number of carbonyl (C=O) groups is 1. The van der Waals surface area contributed by atoms with Gasteiger partial charge in [-0.1, -0.05) is 12.1 Å². The third-order valence-electron chi connectivity index (χ3n) is 2.55. The maximum Gasteiger partial charge on any atom is 0.354 e. The van der Waals surface area contributed by atoms with Gasteiger partial charge < -0.3 is 15.2 Å². The number of anilines is 1. The summed E-state index contributed by atoms with van der Waals surface area (Å²) in [6.07, 6.45) is 0. The van der Waals surface area contributed by atoms with Crippen LogP contribution < -0.4 is 10.1 Å². The molecule has 0 unspecified atom stereocenters. The van der Waals surface area contributed by atoms with Crippen molar-refractivity contribution in [3.63, 3.8) is 0 Å². The number of aromatic nitrogens is 2. The van der Waals surface area contributed by atoms with Crippen LogP contribution in [0, 0.1) is 0 Å². The van der Waals surface area contributed by atoms with Crippen molar-refractivity contribution in [2.24, 2.45) is 0 Å². The second-order valence-electron chi connectivity index (χ2n) is 3.72. The Bertz CT molecular complexity index is 614. The maximum atomic E-state index is 11.1. The molecule has 0 radical (unpaired) electrons. The Morgan fingerprint density at radius 2 is 2.05 bits per heavy atom. The van der Waals surface area contributed by atoms with E-state index in [1.54, 1.807) is 26.3 Å². The molecule has 0 amide bonds. The van der Waals surface area contributed by atoms with Crippen molar-refractivity contribution in [2.75, 3.05) is 19.5 Å². The van der Waals surface area contributed by atoms with Crippen LogP contribution in [0.1, 0.15) is 10.5 Å². The van der Waals surface area contributed by atoms with E-state index in [1.165, 1.54) is 6.07 Å². The molecule has 0 spiro atoms. The highest BCUT2D eigenvalue weighted by molar-refractivity contribution is 5.87. The quantitative estimate of drug-likeness (QED) is 0.872. The molecular weight excluding hydrogens is 246 g/mol. The average Bonchev–Trinajstić information content (AvgIpc) is 2.46. The number of ether oxygens (including phenoxy) is 1. The molecule has 2 aromatic rings. The first-order valence-electron chi connectivity index (χ1n) is 5.59. The molecule has 19 heavy (non-hydrogen) atoms. The predicted molar refractivity (Wildman–Crippen MR) is 70.5 cm³/mol. The summed E-state index contributed by atoms with van der Waals surface area (Å²) in [7, 11) is 3.21. The number of nitrogens with one attached hydrogen (secondary N) is 1. The Hall–Kier alpha value is -2.63. The van der Waals surface area contributed by atoms with Gasteiger partial charge in [-0.25, -0.2) is 14.8 Å². The van der Waals surface area contributed by atoms with Crippen LogP contribution >= 0.6 is 0 Å². The summed E-state index contributed by atoms with van der Waals surface area (Å²) in [6.45, 7) is 0. The average molecular weight is 259 g/mol. The third kappa shape index (κ3) is 2.62. The molecular formula is C13H13N3O3. The van der Waals surface area contributed by atoms with E-state index >= 15 is 0 Å². The molecule has 2 rings (SSSR count). The van der Waals surface area contributed by atoms with Crippen molar-refractivity contribution in [1.29, 1.82) is 0 Å². The van der Waals surface area contributed by atoms with Crippen molar-refractivity contribution < 1.29 is 14.6 Å². The SMILES string of the molecule is CNc1cc(C(=O)O)nc(-c2ccccc2OC)n1. The number of para-hydroxylation sites is 1. The second kappa shape index (κ2) is 5.34. The topological polar surface area (TPSA) is 84.3 Å². The van der Waals surface area contributed by atoms with Crippen molar-refractivity contribution >= 4 is 11.8 Å². The van der Waals surface area contributed by atoms with E-state index in [-0.39, 0.29) is 5.69 Å². The first kappa shape index (κ1) is 12.8. The number of rotatable bonds is 4. The van der Waals surface area contributed by atoms with Crippen molar-refractivity contribution in [2.45, 2.75) is 0 Å². The van der Waals surface area contributed by atoms with E-state index in [0.29, 0.717) is 23.0 Å². The highest BCUT2D eigenvalue weighted by atomic mass is 16.5. The largest absolute Gasteiger partial charge is 0.496 e. The molecule has 0 fully saturated rings. The monoisotopic (exact) mass is 259 g/mol. The minimum absolute atomic E-state index is 0.0692. The number of aromatic carboxylic acids is 1. The molecule has 0 aliphatic heterocycles. The lowest BCUT2D eigenvalue weighted by molar-refractivity contribution is 0.0690. The molecule has 1 heterocycles. The van der Waals surface area contributed by atoms with Crippen LogP contribution in [0.3, 0.4) is 0 Å². The Morgan fingerprint density at radius 3 is 2.68 bits per heavy atom. The van der Waals surface area contributed by atoms with E-state index in [0.717, 1.165) is 0 Å². The lowest BCUT2D eigenvalue weighted by Gasteiger charge is -2.09. The zero-order valence-corrected chi connectivity index (χ0v) is 10.5. The molecule has 6 heteroatoms. The smallest absolute Gasteiger partial charge is 0.354 e. The molecule has 0 aliphatic carbocycles. The number of carboxylic acid groups (broad SMARTS) is 1. The van der Waals surface area contributed by atoms with Crippen LogP contribution in [0.25, 0.3) is 11.4 Å². The molecule has 2 N–H and O–H groups in total. The Morgan fingerprint density at radius 1 is 1.32 bits per heavy atom. The van der Waals surface area contributed by atoms with Gasteiger partial charge in [-0.05, 0) is 12.1 Å². The number of hydrogen-bond acceptors (Lipinski definition) is 5. The molecule has 1 aromatic heterocycles. The lowest BCUT2D eigenvalue weighted by atomic mass is 10.2. The van der Waals surface area contributed by atoms with E-state index < -0.39 is 5.97 Å². The van der Waals surface area contributed by atoms with E-state index in [4.69, 9.17) is 9.84 Å². The van der Waals surface area contributed by atoms with E-state index in [2.05, 4.69) is 15.3 Å². The standard InChI is InChI=1S/C13H13N3O3/c1-14-11-7-9(13(17)18)15-12(16-11)8-5-3-4-6-10(8)19-2/h3-7H,1-2H3,(H,17,18)(H,14,15,16). The molecule has 0 bridgehead atoms. The third-order valence-corrected chi connectivity index (χ3v) is 2.55. The van der Waals surface area contributed by atoms with Gasteiger partial charge in [0.15, 0.2) is 11.5 Å². The predicted octanol–water partition coefficient (Wildman–Crippen LogP) is 1.89. The number of hydrogen-bond donors (Lipinski definition) is 2. The summed E-state index contributed by atoms with van der Waals surface area (Å²) in [4.78, 5) is 19.3. The van der Waals surface area contributed by atoms with Crippen LogP contribution in [0.2, 0.25) is 0 Å². The summed E-state index contributed by atoms with van der Waals surface area (Å²) < 4.78 is 5.23. The number of methoxy groups -OCH3 is 1. The Labute approximate surface area is 110 Å². The van der Waals surface area contributed by atoms with Crippen LogP contribution in [-0.2, 0) is 0 Å². The number of carboxylic acids is 1. The highest BCUT2D eigenvalue weighted by Gasteiger charge is 2.13. The van der Waals surface area contributed by atoms with Crippen molar-refractivity contribution in [1.82, 2.24) is 9.97 Å². The number of nitrogens with zero attached hydrogens (tertiary/aromatic N) is 2. The molecule has 98 valence electrons. The van der Waals surface area contributed by atoms with E-state index in [1.807, 2.05) is 12.1 Å². The van der Waals surface area contributed by atoms with Gasteiger partial charge in [0.1, 0.15) is 11.6 Å². The normalized spacial score (nSPS) is 10.0. The summed E-state index contributed by atoms with van der Waals surface area (Å²) in [5.41, 5.74) is 0.574. The zero-order valence-electron chi connectivity index (χ0n) is 10.5. The summed E-state index contributed by atoms with van der Waals surface area (Å²) in [5.74, 6) is 0.233. The fourth-order valence-electron chi connectivity index (χ4n) is 1.63. The fourth-order valence-corrected chi connectivity index (χ4v) is 1.63. The molecule has 6 nitrogen and oxygen atoms in total.